The molecule has 0 amide bonds. The van der Waals surface area contributed by atoms with Crippen molar-refractivity contribution in [2.75, 3.05) is 11.1 Å². The first-order valence-electron chi connectivity index (χ1n) is 10.2. The first-order chi connectivity index (χ1) is 15.5. The maximum Gasteiger partial charge on any atom is 0.130 e. The molecule has 2 aromatic carbocycles. The largest absolute Gasteiger partial charge is 0.487 e. The molecule has 7 heteroatoms. The molecule has 32 heavy (non-hydrogen) atoms. The Morgan fingerprint density at radius 1 is 1.12 bits per heavy atom. The maximum absolute atomic E-state index is 9.52. The smallest absolute Gasteiger partial charge is 0.130 e. The van der Waals surface area contributed by atoms with E-state index in [4.69, 9.17) is 22.1 Å². The van der Waals surface area contributed by atoms with E-state index >= 15 is 0 Å². The number of fused-ring (bicyclic) bond motifs is 1. The third-order valence-corrected chi connectivity index (χ3v) is 5.02. The van der Waals surface area contributed by atoms with Crippen LogP contribution >= 0.6 is 11.6 Å². The summed E-state index contributed by atoms with van der Waals surface area (Å²) >= 11 is 6.49. The quantitative estimate of drug-likeness (QED) is 0.345. The van der Waals surface area contributed by atoms with Crippen LogP contribution in [0, 0.1) is 18.3 Å². The Labute approximate surface area is 192 Å². The molecule has 0 bridgehead atoms. The Balaban J connectivity index is 0.00000141. The van der Waals surface area contributed by atoms with Gasteiger partial charge in [-0.1, -0.05) is 31.5 Å². The van der Waals surface area contributed by atoms with Crippen LogP contribution in [0.2, 0.25) is 5.02 Å². The maximum atomic E-state index is 9.52. The predicted octanol–water partition coefficient (Wildman–Crippen LogP) is 6.39. The van der Waals surface area contributed by atoms with Crippen LogP contribution in [0.5, 0.6) is 5.75 Å². The number of halogens is 1. The Morgan fingerprint density at radius 2 is 1.94 bits per heavy atom. The molecule has 0 aliphatic heterocycles. The first kappa shape index (κ1) is 22.9. The van der Waals surface area contributed by atoms with E-state index in [0.29, 0.717) is 40.0 Å². The number of pyridine rings is 2. The molecule has 0 radical (unpaired) electrons. The number of hydrogen-bond acceptors (Lipinski definition) is 6. The zero-order chi connectivity index (χ0) is 23.1. The molecular formula is C25H24ClN5O. The minimum atomic E-state index is 0.350. The summed E-state index contributed by atoms with van der Waals surface area (Å²) in [5, 5.41) is 14.0. The van der Waals surface area contributed by atoms with E-state index in [1.165, 1.54) is 6.20 Å². The number of aromatic nitrogens is 2. The highest BCUT2D eigenvalue weighted by Gasteiger charge is 2.12. The molecule has 0 atom stereocenters. The fourth-order valence-electron chi connectivity index (χ4n) is 3.07. The van der Waals surface area contributed by atoms with Crippen molar-refractivity contribution in [1.82, 2.24) is 9.97 Å². The average Bonchev–Trinajstić information content (AvgIpc) is 2.81. The number of nitriles is 1. The van der Waals surface area contributed by atoms with Gasteiger partial charge in [0, 0.05) is 29.5 Å². The Bertz CT molecular complexity index is 1280. The lowest BCUT2D eigenvalue weighted by atomic mass is 10.1. The lowest BCUT2D eigenvalue weighted by Gasteiger charge is -2.14. The summed E-state index contributed by atoms with van der Waals surface area (Å²) in [6.45, 7) is 6.34. The molecule has 162 valence electrons. The third kappa shape index (κ3) is 5.08. The molecule has 0 aliphatic rings. The second-order valence-corrected chi connectivity index (χ2v) is 7.16. The zero-order valence-corrected chi connectivity index (χ0v) is 18.9. The van der Waals surface area contributed by atoms with Crippen molar-refractivity contribution >= 4 is 39.6 Å². The van der Waals surface area contributed by atoms with Crippen LogP contribution in [0.15, 0.2) is 60.9 Å². The zero-order valence-electron chi connectivity index (χ0n) is 18.2. The molecule has 6 nitrogen and oxygen atoms in total. The van der Waals surface area contributed by atoms with Crippen molar-refractivity contribution in [3.8, 4) is 11.8 Å². The summed E-state index contributed by atoms with van der Waals surface area (Å²) in [5.74, 6) is 0.625. The van der Waals surface area contributed by atoms with Gasteiger partial charge in [0.25, 0.3) is 0 Å². The topological polar surface area (TPSA) is 96.8 Å². The monoisotopic (exact) mass is 445 g/mol. The van der Waals surface area contributed by atoms with E-state index in [9.17, 15) is 5.26 Å². The number of ether oxygens (including phenoxy) is 1. The van der Waals surface area contributed by atoms with Crippen LogP contribution in [-0.4, -0.2) is 9.97 Å². The second-order valence-electron chi connectivity index (χ2n) is 6.76. The molecule has 4 rings (SSSR count). The summed E-state index contributed by atoms with van der Waals surface area (Å²) in [6, 6.07) is 16.8. The van der Waals surface area contributed by atoms with Crippen molar-refractivity contribution in [1.29, 1.82) is 5.26 Å². The van der Waals surface area contributed by atoms with E-state index < -0.39 is 0 Å². The van der Waals surface area contributed by atoms with Gasteiger partial charge in [0.1, 0.15) is 18.4 Å². The SMILES string of the molecule is CC.Cc1cccnc1COc1ccc(Nc2c(C#N)cnc3ccc(N)cc23)c(Cl)c1. The molecule has 0 aliphatic carbocycles. The molecule has 0 fully saturated rings. The van der Waals surface area contributed by atoms with Gasteiger partial charge in [0.2, 0.25) is 0 Å². The van der Waals surface area contributed by atoms with Gasteiger partial charge in [-0.05, 0) is 48.9 Å². The highest BCUT2D eigenvalue weighted by atomic mass is 35.5. The van der Waals surface area contributed by atoms with Crippen molar-refractivity contribution in [3.05, 3.63) is 82.8 Å². The van der Waals surface area contributed by atoms with E-state index in [0.717, 1.165) is 22.2 Å². The molecule has 0 unspecified atom stereocenters. The highest BCUT2D eigenvalue weighted by molar-refractivity contribution is 6.33. The molecule has 3 N–H and O–H groups in total. The van der Waals surface area contributed by atoms with E-state index in [1.807, 2.05) is 51.1 Å². The number of nitrogen functional groups attached to an aromatic ring is 1. The lowest BCUT2D eigenvalue weighted by Crippen LogP contribution is -2.01. The number of rotatable bonds is 5. The average molecular weight is 446 g/mol. The molecule has 2 heterocycles. The van der Waals surface area contributed by atoms with E-state index in [2.05, 4.69) is 21.4 Å². The molecule has 4 aromatic rings. The molecule has 0 spiro atoms. The molecular weight excluding hydrogens is 422 g/mol. The highest BCUT2D eigenvalue weighted by Crippen LogP contribution is 2.34. The third-order valence-electron chi connectivity index (χ3n) is 4.71. The Kier molecular flexibility index (Phi) is 7.48. The van der Waals surface area contributed by atoms with Crippen LogP contribution in [0.1, 0.15) is 30.7 Å². The van der Waals surface area contributed by atoms with Gasteiger partial charge < -0.3 is 15.8 Å². The van der Waals surface area contributed by atoms with Gasteiger partial charge in [-0.25, -0.2) is 0 Å². The summed E-state index contributed by atoms with van der Waals surface area (Å²) in [4.78, 5) is 8.64. The van der Waals surface area contributed by atoms with Crippen molar-refractivity contribution < 1.29 is 4.74 Å². The minimum Gasteiger partial charge on any atom is -0.487 e. The van der Waals surface area contributed by atoms with Gasteiger partial charge in [0.15, 0.2) is 0 Å². The summed E-state index contributed by atoms with van der Waals surface area (Å²) in [6.07, 6.45) is 3.27. The summed E-state index contributed by atoms with van der Waals surface area (Å²) in [7, 11) is 0. The summed E-state index contributed by atoms with van der Waals surface area (Å²) in [5.41, 5.74) is 10.8. The number of benzene rings is 2. The van der Waals surface area contributed by atoms with Gasteiger partial charge in [-0.2, -0.15) is 5.26 Å². The van der Waals surface area contributed by atoms with E-state index in [1.54, 1.807) is 24.4 Å². The first-order valence-corrected chi connectivity index (χ1v) is 10.6. The number of anilines is 3. The van der Waals surface area contributed by atoms with Crippen molar-refractivity contribution in [2.24, 2.45) is 0 Å². The van der Waals surface area contributed by atoms with Crippen molar-refractivity contribution in [2.45, 2.75) is 27.4 Å². The number of aryl methyl sites for hydroxylation is 1. The van der Waals surface area contributed by atoms with Crippen molar-refractivity contribution in [3.63, 3.8) is 0 Å². The van der Waals surface area contributed by atoms with Gasteiger partial charge in [-0.15, -0.1) is 0 Å². The van der Waals surface area contributed by atoms with Crippen LogP contribution < -0.4 is 15.8 Å². The fraction of sp³-hybridized carbons (Fsp3) is 0.160. The predicted molar refractivity (Wildman–Crippen MR) is 130 cm³/mol. The number of hydrogen-bond donors (Lipinski definition) is 2. The molecule has 0 saturated heterocycles. The number of nitrogens with one attached hydrogen (secondary N) is 1. The normalized spacial score (nSPS) is 10.1. The fourth-order valence-corrected chi connectivity index (χ4v) is 3.29. The van der Waals surface area contributed by atoms with E-state index in [-0.39, 0.29) is 0 Å². The Hall–Kier alpha value is -3.82. The van der Waals surface area contributed by atoms with Crippen LogP contribution in [0.4, 0.5) is 17.1 Å². The van der Waals surface area contributed by atoms with Gasteiger partial charge >= 0.3 is 0 Å². The molecule has 0 saturated carbocycles. The number of nitrogens with two attached hydrogens (primary N) is 1. The Morgan fingerprint density at radius 3 is 2.66 bits per heavy atom. The van der Waals surface area contributed by atoms with Gasteiger partial charge in [-0.3, -0.25) is 9.97 Å². The second kappa shape index (κ2) is 10.5. The molecule has 2 aromatic heterocycles. The standard InChI is InChI=1S/C23H18ClN5O.C2H6/c1-14-3-2-8-27-22(14)13-30-17-5-7-21(19(24)10-17)29-23-15(11-25)12-28-20-6-4-16(26)9-18(20)23;1-2/h2-10,12H,13,26H2,1H3,(H,28,29);1-2H3. The lowest BCUT2D eigenvalue weighted by molar-refractivity contribution is 0.300. The van der Waals surface area contributed by atoms with Gasteiger partial charge in [0.05, 0.1) is 33.2 Å². The number of nitrogens with zero attached hydrogens (tertiary/aromatic N) is 3. The minimum absolute atomic E-state index is 0.350. The van der Waals surface area contributed by atoms with Crippen LogP contribution in [0.25, 0.3) is 10.9 Å². The van der Waals surface area contributed by atoms with Crippen LogP contribution in [-0.2, 0) is 6.61 Å². The summed E-state index contributed by atoms with van der Waals surface area (Å²) < 4.78 is 5.84. The van der Waals surface area contributed by atoms with Crippen LogP contribution in [0.3, 0.4) is 0 Å².